The monoisotopic (exact) mass is 313 g/mol. The highest BCUT2D eigenvalue weighted by Crippen LogP contribution is 2.23. The van der Waals surface area contributed by atoms with E-state index in [1.165, 1.54) is 0 Å². The van der Waals surface area contributed by atoms with Gasteiger partial charge in [0.1, 0.15) is 0 Å². The zero-order valence-corrected chi connectivity index (χ0v) is 11.3. The maximum atomic E-state index is 12.2. The molecule has 0 aliphatic carbocycles. The molecule has 0 heterocycles. The molecule has 0 unspecified atom stereocenters. The van der Waals surface area contributed by atoms with Crippen LogP contribution in [0.5, 0.6) is 0 Å². The third-order valence-electron chi connectivity index (χ3n) is 2.27. The van der Waals surface area contributed by atoms with Crippen LogP contribution < -0.4 is 0 Å². The summed E-state index contributed by atoms with van der Waals surface area (Å²) in [5, 5.41) is 8.47. The van der Waals surface area contributed by atoms with Crippen molar-refractivity contribution in [1.29, 1.82) is 0 Å². The molecule has 0 aliphatic rings. The number of rotatable bonds is 5. The normalized spacial score (nSPS) is 12.1. The van der Waals surface area contributed by atoms with Crippen molar-refractivity contribution in [3.05, 3.63) is 28.8 Å². The van der Waals surface area contributed by atoms with Gasteiger partial charge >= 0.3 is 5.97 Å². The molecule has 0 radical (unpaired) electrons. The van der Waals surface area contributed by atoms with Crippen molar-refractivity contribution < 1.29 is 27.1 Å². The summed E-state index contributed by atoms with van der Waals surface area (Å²) in [6.45, 7) is -0.958. The smallest absolute Gasteiger partial charge is 0.337 e. The van der Waals surface area contributed by atoms with E-state index in [4.69, 9.17) is 16.7 Å². The fraction of sp³-hybridized carbons (Fsp3) is 0.300. The van der Waals surface area contributed by atoms with Crippen molar-refractivity contribution >= 4 is 27.6 Å². The molecule has 0 spiro atoms. The van der Waals surface area contributed by atoms with E-state index in [0.29, 0.717) is 4.31 Å². The van der Waals surface area contributed by atoms with E-state index in [0.717, 1.165) is 25.2 Å². The van der Waals surface area contributed by atoms with Crippen molar-refractivity contribution in [3.63, 3.8) is 0 Å². The van der Waals surface area contributed by atoms with Crippen molar-refractivity contribution in [3.8, 4) is 0 Å². The molecular formula is C10H10ClF2NO4S. The number of carboxylic acid groups (broad SMARTS) is 1. The second-order valence-corrected chi connectivity index (χ2v) is 6.08. The topological polar surface area (TPSA) is 74.7 Å². The summed E-state index contributed by atoms with van der Waals surface area (Å²) in [7, 11) is -3.12. The van der Waals surface area contributed by atoms with E-state index in [9.17, 15) is 22.0 Å². The Morgan fingerprint density at radius 3 is 2.47 bits per heavy atom. The molecule has 9 heteroatoms. The summed E-state index contributed by atoms with van der Waals surface area (Å²) in [6.07, 6.45) is -2.81. The van der Waals surface area contributed by atoms with Crippen molar-refractivity contribution in [2.45, 2.75) is 11.3 Å². The Hall–Kier alpha value is -1.25. The van der Waals surface area contributed by atoms with Crippen LogP contribution in [0.2, 0.25) is 5.02 Å². The van der Waals surface area contributed by atoms with Gasteiger partial charge in [-0.25, -0.2) is 22.0 Å². The Morgan fingerprint density at radius 1 is 1.47 bits per heavy atom. The zero-order valence-electron chi connectivity index (χ0n) is 9.68. The van der Waals surface area contributed by atoms with E-state index in [1.54, 1.807) is 0 Å². The lowest BCUT2D eigenvalue weighted by Crippen LogP contribution is -2.31. The molecule has 1 rings (SSSR count). The number of hydrogen-bond acceptors (Lipinski definition) is 3. The van der Waals surface area contributed by atoms with Crippen LogP contribution in [-0.2, 0) is 10.0 Å². The van der Waals surface area contributed by atoms with Crippen LogP contribution in [-0.4, -0.2) is 43.8 Å². The molecule has 19 heavy (non-hydrogen) atoms. The minimum Gasteiger partial charge on any atom is -0.478 e. The number of halogens is 3. The van der Waals surface area contributed by atoms with E-state index >= 15 is 0 Å². The Balaban J connectivity index is 3.16. The molecule has 0 amide bonds. The van der Waals surface area contributed by atoms with Gasteiger partial charge in [0, 0.05) is 7.05 Å². The summed E-state index contributed by atoms with van der Waals surface area (Å²) in [4.78, 5) is 10.4. The maximum absolute atomic E-state index is 12.2. The quantitative estimate of drug-likeness (QED) is 0.901. The van der Waals surface area contributed by atoms with Gasteiger partial charge in [-0.3, -0.25) is 0 Å². The van der Waals surface area contributed by atoms with Crippen LogP contribution in [0.15, 0.2) is 23.1 Å². The first-order valence-corrected chi connectivity index (χ1v) is 6.75. The lowest BCUT2D eigenvalue weighted by Gasteiger charge is -2.16. The molecule has 0 aromatic heterocycles. The van der Waals surface area contributed by atoms with Gasteiger partial charge in [0.2, 0.25) is 10.0 Å². The average molecular weight is 314 g/mol. The second kappa shape index (κ2) is 5.81. The number of alkyl halides is 2. The largest absolute Gasteiger partial charge is 0.478 e. The van der Waals surface area contributed by atoms with Crippen molar-refractivity contribution in [2.24, 2.45) is 0 Å². The summed E-state index contributed by atoms with van der Waals surface area (Å²) in [6, 6.07) is 2.93. The van der Waals surface area contributed by atoms with Crippen LogP contribution >= 0.6 is 11.6 Å². The van der Waals surface area contributed by atoms with E-state index in [2.05, 4.69) is 0 Å². The number of carbonyl (C=O) groups is 1. The Morgan fingerprint density at radius 2 is 2.05 bits per heavy atom. The summed E-state index contributed by atoms with van der Waals surface area (Å²) < 4.78 is 48.6. The third kappa shape index (κ3) is 3.62. The van der Waals surface area contributed by atoms with Crippen LogP contribution in [0.25, 0.3) is 0 Å². The minimum absolute atomic E-state index is 0.267. The van der Waals surface area contributed by atoms with E-state index < -0.39 is 29.0 Å². The van der Waals surface area contributed by atoms with E-state index in [-0.39, 0.29) is 15.5 Å². The number of hydrogen-bond donors (Lipinski definition) is 1. The van der Waals surface area contributed by atoms with Crippen LogP contribution in [0, 0.1) is 0 Å². The highest BCUT2D eigenvalue weighted by atomic mass is 35.5. The Kier molecular flexibility index (Phi) is 4.83. The van der Waals surface area contributed by atoms with Crippen molar-refractivity contribution in [1.82, 2.24) is 4.31 Å². The zero-order chi connectivity index (χ0) is 14.8. The predicted octanol–water partition coefficient (Wildman–Crippen LogP) is 1.92. The fourth-order valence-electron chi connectivity index (χ4n) is 1.30. The number of carboxylic acids is 1. The lowest BCUT2D eigenvalue weighted by molar-refractivity contribution is 0.0697. The van der Waals surface area contributed by atoms with Crippen LogP contribution in [0.1, 0.15) is 10.4 Å². The van der Waals surface area contributed by atoms with Gasteiger partial charge in [0.05, 0.1) is 22.0 Å². The summed E-state index contributed by atoms with van der Waals surface area (Å²) in [5.41, 5.74) is -0.267. The Bertz CT molecular complexity index is 591. The molecular weight excluding hydrogens is 304 g/mol. The number of aromatic carboxylic acids is 1. The molecule has 0 saturated heterocycles. The number of benzene rings is 1. The maximum Gasteiger partial charge on any atom is 0.337 e. The molecule has 0 fully saturated rings. The lowest BCUT2D eigenvalue weighted by atomic mass is 10.2. The fourth-order valence-corrected chi connectivity index (χ4v) is 2.80. The van der Waals surface area contributed by atoms with Crippen LogP contribution in [0.4, 0.5) is 8.78 Å². The number of sulfonamides is 1. The first kappa shape index (κ1) is 15.8. The third-order valence-corrected chi connectivity index (χ3v) is 4.41. The molecule has 0 aliphatic heterocycles. The van der Waals surface area contributed by atoms with E-state index in [1.807, 2.05) is 0 Å². The molecule has 0 atom stereocenters. The molecule has 1 aromatic carbocycles. The molecule has 1 aromatic rings. The van der Waals surface area contributed by atoms with Gasteiger partial charge < -0.3 is 5.11 Å². The predicted molar refractivity (Wildman–Crippen MR) is 64.2 cm³/mol. The van der Waals surface area contributed by atoms with Crippen molar-refractivity contribution in [2.75, 3.05) is 13.6 Å². The number of nitrogens with zero attached hydrogens (tertiary/aromatic N) is 1. The molecule has 106 valence electrons. The molecule has 0 saturated carbocycles. The van der Waals surface area contributed by atoms with Gasteiger partial charge in [-0.1, -0.05) is 11.6 Å². The molecule has 1 N–H and O–H groups in total. The van der Waals surface area contributed by atoms with Gasteiger partial charge in [-0.15, -0.1) is 0 Å². The SMILES string of the molecule is CN(CC(F)F)S(=O)(=O)c1ccc(C(=O)O)c(Cl)c1. The van der Waals surface area contributed by atoms with Crippen LogP contribution in [0.3, 0.4) is 0 Å². The standard InChI is InChI=1S/C10H10ClF2NO4S/c1-14(5-9(12)13)19(17,18)6-2-3-7(10(15)16)8(11)4-6/h2-4,9H,5H2,1H3,(H,15,16). The molecule has 0 bridgehead atoms. The summed E-state index contributed by atoms with van der Waals surface area (Å²) >= 11 is 5.63. The van der Waals surface area contributed by atoms with Gasteiger partial charge in [0.25, 0.3) is 6.43 Å². The van der Waals surface area contributed by atoms with Gasteiger partial charge in [-0.2, -0.15) is 4.31 Å². The second-order valence-electron chi connectivity index (χ2n) is 3.62. The summed E-state index contributed by atoms with van der Waals surface area (Å²) in [5.74, 6) is -1.31. The highest BCUT2D eigenvalue weighted by molar-refractivity contribution is 7.89. The minimum atomic E-state index is -4.12. The molecule has 5 nitrogen and oxygen atoms in total. The van der Waals surface area contributed by atoms with Gasteiger partial charge in [0.15, 0.2) is 0 Å². The first-order chi connectivity index (χ1) is 8.66. The Labute approximate surface area is 113 Å². The average Bonchev–Trinajstić information content (AvgIpc) is 2.27. The van der Waals surface area contributed by atoms with Gasteiger partial charge in [-0.05, 0) is 18.2 Å². The first-order valence-electron chi connectivity index (χ1n) is 4.93. The highest BCUT2D eigenvalue weighted by Gasteiger charge is 2.24.